The van der Waals surface area contributed by atoms with Gasteiger partial charge in [-0.05, 0) is 11.6 Å². The van der Waals surface area contributed by atoms with Gasteiger partial charge >= 0.3 is 0 Å². The number of rotatable bonds is 3. The van der Waals surface area contributed by atoms with Crippen LogP contribution in [0.25, 0.3) is 17.2 Å². The molecule has 2 aromatic heterocycles. The molecule has 4 nitrogen and oxygen atoms in total. The lowest BCUT2D eigenvalue weighted by Gasteiger charge is -2.03. The van der Waals surface area contributed by atoms with E-state index in [-0.39, 0.29) is 0 Å². The summed E-state index contributed by atoms with van der Waals surface area (Å²) in [5.74, 6) is 0. The molecule has 0 spiro atoms. The first-order chi connectivity index (χ1) is 8.88. The molecule has 3 rings (SSSR count). The third-order valence-electron chi connectivity index (χ3n) is 2.82. The Morgan fingerprint density at radius 2 is 1.94 bits per heavy atom. The molecular weight excluding hydrogens is 224 g/mol. The quantitative estimate of drug-likeness (QED) is 0.701. The predicted molar refractivity (Wildman–Crippen MR) is 71.0 cm³/mol. The monoisotopic (exact) mass is 236 g/mol. The maximum Gasteiger partial charge on any atom is 0.164 e. The van der Waals surface area contributed by atoms with Gasteiger partial charge in [0.25, 0.3) is 0 Å². The molecule has 2 heterocycles. The Hall–Kier alpha value is -2.49. The molecule has 0 aliphatic rings. The van der Waals surface area contributed by atoms with E-state index in [1.807, 2.05) is 22.8 Å². The second-order valence-electron chi connectivity index (χ2n) is 3.99. The second-order valence-corrected chi connectivity index (χ2v) is 3.99. The summed E-state index contributed by atoms with van der Waals surface area (Å²) in [6.07, 6.45) is 5.03. The Morgan fingerprint density at radius 1 is 1.11 bits per heavy atom. The van der Waals surface area contributed by atoms with Crippen molar-refractivity contribution in [2.24, 2.45) is 0 Å². The van der Waals surface area contributed by atoms with Crippen LogP contribution < -0.4 is 0 Å². The Labute approximate surface area is 105 Å². The van der Waals surface area contributed by atoms with Crippen LogP contribution in [0.4, 0.5) is 0 Å². The smallest absolute Gasteiger partial charge is 0.164 e. The van der Waals surface area contributed by atoms with Crippen molar-refractivity contribution >= 4 is 17.2 Å². The van der Waals surface area contributed by atoms with Gasteiger partial charge in [0.15, 0.2) is 5.65 Å². The number of fused-ring (bicyclic) bond motifs is 1. The Balaban J connectivity index is 2.06. The van der Waals surface area contributed by atoms with Gasteiger partial charge in [-0.25, -0.2) is 15.0 Å². The molecule has 0 unspecified atom stereocenters. The third kappa shape index (κ3) is 1.78. The van der Waals surface area contributed by atoms with Crippen LogP contribution in [-0.4, -0.2) is 19.5 Å². The fourth-order valence-corrected chi connectivity index (χ4v) is 1.94. The summed E-state index contributed by atoms with van der Waals surface area (Å²) in [4.78, 5) is 12.8. The zero-order valence-electron chi connectivity index (χ0n) is 9.82. The van der Waals surface area contributed by atoms with E-state index < -0.39 is 0 Å². The van der Waals surface area contributed by atoms with Crippen molar-refractivity contribution < 1.29 is 0 Å². The van der Waals surface area contributed by atoms with E-state index in [0.717, 1.165) is 23.4 Å². The standard InChI is InChI=1S/C14H12N4/c1-2-12-13-14(16-9-15-12)18(10-17-13)8-11-6-4-3-5-7-11/h2-7,9-10H,1,8H2. The minimum absolute atomic E-state index is 0.755. The number of benzene rings is 1. The van der Waals surface area contributed by atoms with Crippen molar-refractivity contribution in [1.82, 2.24) is 19.5 Å². The SMILES string of the molecule is C=Cc1ncnc2c1ncn2Cc1ccccc1. The van der Waals surface area contributed by atoms with E-state index in [1.54, 1.807) is 18.7 Å². The molecule has 3 aromatic rings. The minimum Gasteiger partial charge on any atom is -0.311 e. The lowest BCUT2D eigenvalue weighted by Crippen LogP contribution is -1.99. The van der Waals surface area contributed by atoms with Gasteiger partial charge in [-0.15, -0.1) is 0 Å². The average molecular weight is 236 g/mol. The first-order valence-electron chi connectivity index (χ1n) is 5.70. The fourth-order valence-electron chi connectivity index (χ4n) is 1.94. The number of imidazole rings is 1. The molecule has 4 heteroatoms. The summed E-state index contributed by atoms with van der Waals surface area (Å²) in [7, 11) is 0. The fraction of sp³-hybridized carbons (Fsp3) is 0.0714. The molecule has 0 fully saturated rings. The van der Waals surface area contributed by atoms with Gasteiger partial charge in [0, 0.05) is 0 Å². The van der Waals surface area contributed by atoms with Gasteiger partial charge in [0.05, 0.1) is 18.6 Å². The molecule has 0 radical (unpaired) electrons. The lowest BCUT2D eigenvalue weighted by atomic mass is 10.2. The van der Waals surface area contributed by atoms with Crippen LogP contribution >= 0.6 is 0 Å². The van der Waals surface area contributed by atoms with Gasteiger partial charge in [0.2, 0.25) is 0 Å². The normalized spacial score (nSPS) is 10.7. The van der Waals surface area contributed by atoms with E-state index in [0.29, 0.717) is 0 Å². The molecule has 0 atom stereocenters. The van der Waals surface area contributed by atoms with Crippen LogP contribution in [0.2, 0.25) is 0 Å². The molecule has 0 amide bonds. The molecule has 0 saturated carbocycles. The molecule has 18 heavy (non-hydrogen) atoms. The van der Waals surface area contributed by atoms with E-state index in [4.69, 9.17) is 0 Å². The van der Waals surface area contributed by atoms with Gasteiger partial charge in [-0.1, -0.05) is 36.9 Å². The van der Waals surface area contributed by atoms with E-state index in [9.17, 15) is 0 Å². The maximum atomic E-state index is 4.35. The lowest BCUT2D eigenvalue weighted by molar-refractivity contribution is 0.813. The van der Waals surface area contributed by atoms with E-state index >= 15 is 0 Å². The highest BCUT2D eigenvalue weighted by Crippen LogP contribution is 2.15. The molecular formula is C14H12N4. The summed E-state index contributed by atoms with van der Waals surface area (Å²) in [5, 5.41) is 0. The molecule has 0 aliphatic heterocycles. The van der Waals surface area contributed by atoms with E-state index in [2.05, 4.69) is 33.7 Å². The van der Waals surface area contributed by atoms with Crippen molar-refractivity contribution in [2.45, 2.75) is 6.54 Å². The van der Waals surface area contributed by atoms with Crippen molar-refractivity contribution in [3.8, 4) is 0 Å². The van der Waals surface area contributed by atoms with Gasteiger partial charge in [-0.2, -0.15) is 0 Å². The van der Waals surface area contributed by atoms with Crippen molar-refractivity contribution in [1.29, 1.82) is 0 Å². The van der Waals surface area contributed by atoms with Crippen LogP contribution in [0, 0.1) is 0 Å². The summed E-state index contributed by atoms with van der Waals surface area (Å²) < 4.78 is 2.01. The van der Waals surface area contributed by atoms with Gasteiger partial charge in [-0.3, -0.25) is 0 Å². The number of hydrogen-bond donors (Lipinski definition) is 0. The molecule has 1 aromatic carbocycles. The number of aromatic nitrogens is 4. The van der Waals surface area contributed by atoms with Crippen LogP contribution in [0.3, 0.4) is 0 Å². The molecule has 0 N–H and O–H groups in total. The topological polar surface area (TPSA) is 43.6 Å². The summed E-state index contributed by atoms with van der Waals surface area (Å²) in [6.45, 7) is 4.49. The number of hydrogen-bond acceptors (Lipinski definition) is 3. The zero-order chi connectivity index (χ0) is 12.4. The number of nitrogens with zero attached hydrogens (tertiary/aromatic N) is 4. The molecule has 0 bridgehead atoms. The molecule has 0 saturated heterocycles. The van der Waals surface area contributed by atoms with Crippen LogP contribution in [-0.2, 0) is 6.54 Å². The second kappa shape index (κ2) is 4.41. The van der Waals surface area contributed by atoms with Crippen molar-refractivity contribution in [2.75, 3.05) is 0 Å². The zero-order valence-corrected chi connectivity index (χ0v) is 9.82. The Morgan fingerprint density at radius 3 is 2.72 bits per heavy atom. The minimum atomic E-state index is 0.755. The first kappa shape index (κ1) is 10.7. The van der Waals surface area contributed by atoms with Crippen LogP contribution in [0.5, 0.6) is 0 Å². The van der Waals surface area contributed by atoms with E-state index in [1.165, 1.54) is 5.56 Å². The first-order valence-corrected chi connectivity index (χ1v) is 5.70. The highest BCUT2D eigenvalue weighted by atomic mass is 15.1. The van der Waals surface area contributed by atoms with Gasteiger partial charge < -0.3 is 4.57 Å². The largest absolute Gasteiger partial charge is 0.311 e. The highest BCUT2D eigenvalue weighted by molar-refractivity contribution is 5.79. The van der Waals surface area contributed by atoms with Crippen molar-refractivity contribution in [3.63, 3.8) is 0 Å². The van der Waals surface area contributed by atoms with Gasteiger partial charge in [0.1, 0.15) is 11.8 Å². The summed E-state index contributed by atoms with van der Waals surface area (Å²) >= 11 is 0. The third-order valence-corrected chi connectivity index (χ3v) is 2.82. The average Bonchev–Trinajstić information content (AvgIpc) is 2.83. The predicted octanol–water partition coefficient (Wildman–Crippen LogP) is 2.52. The Bertz CT molecular complexity index is 685. The summed E-state index contributed by atoms with van der Waals surface area (Å²) in [5.41, 5.74) is 3.62. The molecule has 0 aliphatic carbocycles. The summed E-state index contributed by atoms with van der Waals surface area (Å²) in [6, 6.07) is 10.2. The van der Waals surface area contributed by atoms with Crippen molar-refractivity contribution in [3.05, 3.63) is 60.8 Å². The van der Waals surface area contributed by atoms with Crippen LogP contribution in [0.15, 0.2) is 49.6 Å². The van der Waals surface area contributed by atoms with Crippen LogP contribution in [0.1, 0.15) is 11.3 Å². The maximum absolute atomic E-state index is 4.35. The highest BCUT2D eigenvalue weighted by Gasteiger charge is 2.07. The molecule has 88 valence electrons. The Kier molecular flexibility index (Phi) is 2.61.